The van der Waals surface area contributed by atoms with Crippen molar-refractivity contribution in [3.8, 4) is 17.1 Å². The molecule has 31 heavy (non-hydrogen) atoms. The van der Waals surface area contributed by atoms with Gasteiger partial charge in [-0.1, -0.05) is 41.0 Å². The van der Waals surface area contributed by atoms with Crippen molar-refractivity contribution in [1.82, 2.24) is 10.1 Å². The molecule has 0 aliphatic carbocycles. The fraction of sp³-hybridized carbons (Fsp3) is 0.125. The first-order valence-corrected chi connectivity index (χ1v) is 10.1. The van der Waals surface area contributed by atoms with Crippen molar-refractivity contribution in [3.05, 3.63) is 94.8 Å². The predicted molar refractivity (Wildman–Crippen MR) is 119 cm³/mol. The largest absolute Gasteiger partial charge is 0.497 e. The van der Waals surface area contributed by atoms with Gasteiger partial charge in [-0.2, -0.15) is 4.98 Å². The zero-order valence-corrected chi connectivity index (χ0v) is 17.6. The van der Waals surface area contributed by atoms with E-state index in [0.29, 0.717) is 28.8 Å². The van der Waals surface area contributed by atoms with Crippen LogP contribution in [0.3, 0.4) is 0 Å². The van der Waals surface area contributed by atoms with Crippen LogP contribution in [0.5, 0.6) is 5.75 Å². The van der Waals surface area contributed by atoms with Crippen LogP contribution >= 0.6 is 11.6 Å². The Bertz CT molecular complexity index is 1150. The summed E-state index contributed by atoms with van der Waals surface area (Å²) in [7, 11) is 1.61. The van der Waals surface area contributed by atoms with Gasteiger partial charge in [0, 0.05) is 16.3 Å². The van der Waals surface area contributed by atoms with E-state index in [1.54, 1.807) is 7.11 Å². The van der Waals surface area contributed by atoms with E-state index >= 15 is 0 Å². The third-order valence-electron chi connectivity index (χ3n) is 4.69. The van der Waals surface area contributed by atoms with E-state index in [9.17, 15) is 4.79 Å². The number of ether oxygens (including phenoxy) is 1. The van der Waals surface area contributed by atoms with Crippen LogP contribution in [0, 0.1) is 0 Å². The Morgan fingerprint density at radius 1 is 0.968 bits per heavy atom. The minimum absolute atomic E-state index is 0.0947. The van der Waals surface area contributed by atoms with Crippen LogP contribution in [0.2, 0.25) is 5.02 Å². The van der Waals surface area contributed by atoms with Gasteiger partial charge in [-0.05, 0) is 59.7 Å². The number of methoxy groups -OCH3 is 1. The third kappa shape index (κ3) is 5.49. The molecule has 6 nitrogen and oxygen atoms in total. The van der Waals surface area contributed by atoms with E-state index in [4.69, 9.17) is 20.9 Å². The molecule has 0 radical (unpaired) electrons. The van der Waals surface area contributed by atoms with Gasteiger partial charge in [0.05, 0.1) is 20.0 Å². The Labute approximate surface area is 184 Å². The number of aromatic nitrogens is 2. The zero-order chi connectivity index (χ0) is 21.6. The van der Waals surface area contributed by atoms with E-state index < -0.39 is 0 Å². The van der Waals surface area contributed by atoms with E-state index in [1.165, 1.54) is 0 Å². The van der Waals surface area contributed by atoms with Crippen molar-refractivity contribution in [2.24, 2.45) is 0 Å². The van der Waals surface area contributed by atoms with Crippen LogP contribution in [0.4, 0.5) is 5.69 Å². The smallest absolute Gasteiger partial charge is 0.231 e. The molecule has 1 aromatic heterocycles. The van der Waals surface area contributed by atoms with E-state index in [1.807, 2.05) is 72.8 Å². The number of nitrogens with one attached hydrogen (secondary N) is 1. The van der Waals surface area contributed by atoms with Gasteiger partial charge in [-0.3, -0.25) is 4.79 Å². The van der Waals surface area contributed by atoms with Crippen molar-refractivity contribution in [2.45, 2.75) is 12.8 Å². The number of carbonyl (C=O) groups is 1. The molecule has 1 amide bonds. The van der Waals surface area contributed by atoms with Crippen molar-refractivity contribution < 1.29 is 14.1 Å². The molecule has 1 N–H and O–H groups in total. The van der Waals surface area contributed by atoms with Crippen LogP contribution in [-0.4, -0.2) is 23.2 Å². The van der Waals surface area contributed by atoms with Gasteiger partial charge in [0.25, 0.3) is 0 Å². The lowest BCUT2D eigenvalue weighted by atomic mass is 10.1. The molecule has 1 heterocycles. The lowest BCUT2D eigenvalue weighted by Gasteiger charge is -2.06. The summed E-state index contributed by atoms with van der Waals surface area (Å²) in [5, 5.41) is 7.63. The number of carbonyl (C=O) groups excluding carboxylic acids is 1. The first-order chi connectivity index (χ1) is 15.1. The highest BCUT2D eigenvalue weighted by molar-refractivity contribution is 6.30. The molecule has 4 rings (SSSR count). The number of hydrogen-bond acceptors (Lipinski definition) is 5. The van der Waals surface area contributed by atoms with E-state index in [2.05, 4.69) is 15.5 Å². The number of benzene rings is 3. The maximum Gasteiger partial charge on any atom is 0.231 e. The molecule has 3 aromatic carbocycles. The molecule has 156 valence electrons. The van der Waals surface area contributed by atoms with Crippen LogP contribution in [0.15, 0.2) is 77.3 Å². The summed E-state index contributed by atoms with van der Waals surface area (Å²) in [5.74, 6) is 1.69. The molecule has 0 bridgehead atoms. The Kier molecular flexibility index (Phi) is 6.29. The third-order valence-corrected chi connectivity index (χ3v) is 4.94. The summed E-state index contributed by atoms with van der Waals surface area (Å²) >= 11 is 5.91. The van der Waals surface area contributed by atoms with E-state index in [-0.39, 0.29) is 12.3 Å². The Hall–Kier alpha value is -3.64. The number of anilines is 1. The number of nitrogens with zero attached hydrogens (tertiary/aromatic N) is 2. The van der Waals surface area contributed by atoms with E-state index in [0.717, 1.165) is 22.4 Å². The lowest BCUT2D eigenvalue weighted by Crippen LogP contribution is -2.14. The summed E-state index contributed by atoms with van der Waals surface area (Å²) in [6, 6.07) is 22.3. The summed E-state index contributed by atoms with van der Waals surface area (Å²) in [6.07, 6.45) is 0.814. The molecule has 0 saturated carbocycles. The maximum absolute atomic E-state index is 12.3. The Morgan fingerprint density at radius 2 is 1.65 bits per heavy atom. The number of hydrogen-bond donors (Lipinski definition) is 1. The first kappa shape index (κ1) is 20.6. The summed E-state index contributed by atoms with van der Waals surface area (Å²) in [5.41, 5.74) is 3.45. The van der Waals surface area contributed by atoms with Crippen LogP contribution in [0.25, 0.3) is 11.4 Å². The standard InChI is InChI=1S/C24H20ClN3O3/c1-30-21-12-4-16(5-13-21)14-22(29)26-20-10-6-18(7-11-20)24-27-23(31-28-24)15-17-2-8-19(25)9-3-17/h2-13H,14-15H2,1H3,(H,26,29). The Balaban J connectivity index is 1.36. The van der Waals surface area contributed by atoms with Gasteiger partial charge in [0.2, 0.25) is 17.6 Å². The SMILES string of the molecule is COc1ccc(CC(=O)Nc2ccc(-c3noc(Cc4ccc(Cl)cc4)n3)cc2)cc1. The van der Waals surface area contributed by atoms with Crippen molar-refractivity contribution in [3.63, 3.8) is 0 Å². The fourth-order valence-corrected chi connectivity index (χ4v) is 3.18. The second kappa shape index (κ2) is 9.45. The molecule has 0 spiro atoms. The highest BCUT2D eigenvalue weighted by Crippen LogP contribution is 2.20. The average Bonchev–Trinajstić information content (AvgIpc) is 3.25. The molecule has 0 unspecified atom stereocenters. The first-order valence-electron chi connectivity index (χ1n) is 9.69. The molecular weight excluding hydrogens is 414 g/mol. The molecule has 0 aliphatic rings. The Morgan fingerprint density at radius 3 is 2.32 bits per heavy atom. The molecule has 4 aromatic rings. The minimum atomic E-state index is -0.0947. The van der Waals surface area contributed by atoms with Gasteiger partial charge in [0.15, 0.2) is 0 Å². The highest BCUT2D eigenvalue weighted by atomic mass is 35.5. The lowest BCUT2D eigenvalue weighted by molar-refractivity contribution is -0.115. The normalized spacial score (nSPS) is 10.6. The van der Waals surface area contributed by atoms with Crippen molar-refractivity contribution >= 4 is 23.2 Å². The summed E-state index contributed by atoms with van der Waals surface area (Å²) < 4.78 is 10.5. The van der Waals surface area contributed by atoms with Gasteiger partial charge in [-0.15, -0.1) is 0 Å². The molecule has 0 atom stereocenters. The van der Waals surface area contributed by atoms with Gasteiger partial charge in [0.1, 0.15) is 5.75 Å². The van der Waals surface area contributed by atoms with Gasteiger partial charge >= 0.3 is 0 Å². The second-order valence-corrected chi connectivity index (χ2v) is 7.40. The maximum atomic E-state index is 12.3. The summed E-state index contributed by atoms with van der Waals surface area (Å²) in [6.45, 7) is 0. The molecule has 7 heteroatoms. The van der Waals surface area contributed by atoms with Crippen molar-refractivity contribution in [1.29, 1.82) is 0 Å². The topological polar surface area (TPSA) is 77.2 Å². The summed E-state index contributed by atoms with van der Waals surface area (Å²) in [4.78, 5) is 16.7. The van der Waals surface area contributed by atoms with Crippen LogP contribution in [0.1, 0.15) is 17.0 Å². The fourth-order valence-electron chi connectivity index (χ4n) is 3.06. The van der Waals surface area contributed by atoms with Crippen molar-refractivity contribution in [2.75, 3.05) is 12.4 Å². The predicted octanol–water partition coefficient (Wildman–Crippen LogP) is 5.17. The average molecular weight is 434 g/mol. The number of rotatable bonds is 7. The van der Waals surface area contributed by atoms with Crippen LogP contribution < -0.4 is 10.1 Å². The molecular formula is C24H20ClN3O3. The number of amides is 1. The molecule has 0 saturated heterocycles. The molecule has 0 aliphatic heterocycles. The number of halogens is 1. The quantitative estimate of drug-likeness (QED) is 0.435. The zero-order valence-electron chi connectivity index (χ0n) is 16.8. The highest BCUT2D eigenvalue weighted by Gasteiger charge is 2.10. The molecule has 0 fully saturated rings. The second-order valence-electron chi connectivity index (χ2n) is 6.97. The van der Waals surface area contributed by atoms with Crippen LogP contribution in [-0.2, 0) is 17.6 Å². The minimum Gasteiger partial charge on any atom is -0.497 e. The van der Waals surface area contributed by atoms with Gasteiger partial charge < -0.3 is 14.6 Å². The monoisotopic (exact) mass is 433 g/mol. The van der Waals surface area contributed by atoms with Gasteiger partial charge in [-0.25, -0.2) is 0 Å².